The Morgan fingerprint density at radius 3 is 2.89 bits per heavy atom. The standard InChI is InChI=1S/C15H16N2O2/c1-3-9-19-15(18)14-10-16-11-17(14)12(2)13-7-5-4-6-8-13/h3-8,10-12H,1,9H2,2H3. The van der Waals surface area contributed by atoms with Gasteiger partial charge in [-0.1, -0.05) is 43.0 Å². The molecular weight excluding hydrogens is 240 g/mol. The van der Waals surface area contributed by atoms with Crippen LogP contribution in [0.25, 0.3) is 0 Å². The first-order chi connectivity index (χ1) is 9.24. The highest BCUT2D eigenvalue weighted by molar-refractivity contribution is 5.87. The molecule has 0 fully saturated rings. The van der Waals surface area contributed by atoms with Crippen molar-refractivity contribution in [1.29, 1.82) is 0 Å². The minimum Gasteiger partial charge on any atom is -0.457 e. The molecule has 4 nitrogen and oxygen atoms in total. The molecule has 0 aliphatic carbocycles. The lowest BCUT2D eigenvalue weighted by Gasteiger charge is -2.16. The van der Waals surface area contributed by atoms with Gasteiger partial charge in [0.1, 0.15) is 12.3 Å². The number of ether oxygens (including phenoxy) is 1. The van der Waals surface area contributed by atoms with Crippen LogP contribution in [-0.4, -0.2) is 22.1 Å². The molecule has 98 valence electrons. The van der Waals surface area contributed by atoms with E-state index in [1.165, 1.54) is 6.20 Å². The molecule has 0 bridgehead atoms. The minimum absolute atomic E-state index is 0.0231. The van der Waals surface area contributed by atoms with Gasteiger partial charge in [0.2, 0.25) is 0 Å². The molecule has 1 atom stereocenters. The number of aromatic nitrogens is 2. The molecule has 0 amide bonds. The quantitative estimate of drug-likeness (QED) is 0.610. The monoisotopic (exact) mass is 256 g/mol. The Hall–Kier alpha value is -2.36. The summed E-state index contributed by atoms with van der Waals surface area (Å²) in [5.74, 6) is -0.389. The summed E-state index contributed by atoms with van der Waals surface area (Å²) >= 11 is 0. The number of nitrogens with zero attached hydrogens (tertiary/aromatic N) is 2. The Morgan fingerprint density at radius 2 is 2.21 bits per heavy atom. The van der Waals surface area contributed by atoms with Crippen molar-refractivity contribution in [3.8, 4) is 0 Å². The molecule has 19 heavy (non-hydrogen) atoms. The Morgan fingerprint density at radius 1 is 1.47 bits per heavy atom. The summed E-state index contributed by atoms with van der Waals surface area (Å²) in [6.45, 7) is 5.73. The fraction of sp³-hybridized carbons (Fsp3) is 0.200. The van der Waals surface area contributed by atoms with Gasteiger partial charge in [0.25, 0.3) is 0 Å². The van der Waals surface area contributed by atoms with Crippen LogP contribution in [0.4, 0.5) is 0 Å². The Labute approximate surface area is 112 Å². The van der Waals surface area contributed by atoms with E-state index in [9.17, 15) is 4.79 Å². The van der Waals surface area contributed by atoms with E-state index in [0.29, 0.717) is 5.69 Å². The van der Waals surface area contributed by atoms with Crippen LogP contribution < -0.4 is 0 Å². The van der Waals surface area contributed by atoms with Crippen molar-refractivity contribution in [2.75, 3.05) is 6.61 Å². The molecule has 0 radical (unpaired) electrons. The number of carbonyl (C=O) groups is 1. The van der Waals surface area contributed by atoms with Crippen LogP contribution in [0.15, 0.2) is 55.5 Å². The molecule has 2 aromatic rings. The van der Waals surface area contributed by atoms with Gasteiger partial charge >= 0.3 is 5.97 Å². The summed E-state index contributed by atoms with van der Waals surface area (Å²) in [5.41, 5.74) is 1.55. The largest absolute Gasteiger partial charge is 0.457 e. The van der Waals surface area contributed by atoms with Crippen LogP contribution in [0.5, 0.6) is 0 Å². The highest BCUT2D eigenvalue weighted by Crippen LogP contribution is 2.19. The van der Waals surface area contributed by atoms with Gasteiger partial charge in [-0.05, 0) is 12.5 Å². The van der Waals surface area contributed by atoms with E-state index in [-0.39, 0.29) is 18.6 Å². The third kappa shape index (κ3) is 2.91. The molecule has 0 spiro atoms. The van der Waals surface area contributed by atoms with E-state index in [2.05, 4.69) is 11.6 Å². The van der Waals surface area contributed by atoms with E-state index >= 15 is 0 Å². The van der Waals surface area contributed by atoms with Crippen molar-refractivity contribution in [1.82, 2.24) is 9.55 Å². The lowest BCUT2D eigenvalue weighted by Crippen LogP contribution is -2.15. The van der Waals surface area contributed by atoms with Gasteiger partial charge in [-0.2, -0.15) is 0 Å². The van der Waals surface area contributed by atoms with Crippen LogP contribution in [0, 0.1) is 0 Å². The lowest BCUT2D eigenvalue weighted by molar-refractivity contribution is 0.0536. The van der Waals surface area contributed by atoms with Gasteiger partial charge in [-0.3, -0.25) is 0 Å². The summed E-state index contributed by atoms with van der Waals surface area (Å²) in [7, 11) is 0. The van der Waals surface area contributed by atoms with Crippen LogP contribution >= 0.6 is 0 Å². The Bertz CT molecular complexity index is 561. The molecule has 1 aromatic heterocycles. The maximum Gasteiger partial charge on any atom is 0.356 e. The van der Waals surface area contributed by atoms with Crippen molar-refractivity contribution in [3.63, 3.8) is 0 Å². The van der Waals surface area contributed by atoms with Crippen LogP contribution in [0.2, 0.25) is 0 Å². The van der Waals surface area contributed by atoms with Crippen LogP contribution in [0.3, 0.4) is 0 Å². The number of rotatable bonds is 5. The average molecular weight is 256 g/mol. The van der Waals surface area contributed by atoms with Crippen molar-refractivity contribution in [2.45, 2.75) is 13.0 Å². The van der Waals surface area contributed by atoms with Crippen molar-refractivity contribution in [3.05, 3.63) is 66.8 Å². The lowest BCUT2D eigenvalue weighted by atomic mass is 10.1. The van der Waals surface area contributed by atoms with Gasteiger partial charge < -0.3 is 9.30 Å². The average Bonchev–Trinajstić information content (AvgIpc) is 2.94. The maximum absolute atomic E-state index is 11.9. The maximum atomic E-state index is 11.9. The van der Waals surface area contributed by atoms with Gasteiger partial charge in [0, 0.05) is 0 Å². The molecule has 1 aromatic carbocycles. The second-order valence-electron chi connectivity index (χ2n) is 4.16. The van der Waals surface area contributed by atoms with Gasteiger partial charge in [-0.25, -0.2) is 9.78 Å². The van der Waals surface area contributed by atoms with E-state index in [0.717, 1.165) is 5.56 Å². The summed E-state index contributed by atoms with van der Waals surface area (Å²) in [5, 5.41) is 0. The molecule has 0 aliphatic heterocycles. The number of hydrogen-bond donors (Lipinski definition) is 0. The third-order valence-electron chi connectivity index (χ3n) is 2.91. The van der Waals surface area contributed by atoms with Gasteiger partial charge in [0.05, 0.1) is 18.6 Å². The van der Waals surface area contributed by atoms with E-state index < -0.39 is 0 Å². The number of carbonyl (C=O) groups excluding carboxylic acids is 1. The number of benzene rings is 1. The Kier molecular flexibility index (Phi) is 4.13. The summed E-state index contributed by atoms with van der Waals surface area (Å²) in [6, 6.07) is 9.96. The molecule has 0 saturated heterocycles. The van der Waals surface area contributed by atoms with Crippen LogP contribution in [-0.2, 0) is 4.74 Å². The normalized spacial score (nSPS) is 11.8. The minimum atomic E-state index is -0.389. The van der Waals surface area contributed by atoms with Crippen molar-refractivity contribution >= 4 is 5.97 Å². The van der Waals surface area contributed by atoms with Gasteiger partial charge in [-0.15, -0.1) is 0 Å². The zero-order chi connectivity index (χ0) is 13.7. The molecule has 4 heteroatoms. The predicted molar refractivity (Wildman–Crippen MR) is 73.0 cm³/mol. The third-order valence-corrected chi connectivity index (χ3v) is 2.91. The highest BCUT2D eigenvalue weighted by atomic mass is 16.5. The van der Waals surface area contributed by atoms with Crippen LogP contribution in [0.1, 0.15) is 29.0 Å². The molecule has 0 saturated carbocycles. The SMILES string of the molecule is C=CCOC(=O)c1cncn1C(C)c1ccccc1. The number of esters is 1. The summed E-state index contributed by atoms with van der Waals surface area (Å²) in [4.78, 5) is 15.9. The topological polar surface area (TPSA) is 44.1 Å². The summed E-state index contributed by atoms with van der Waals surface area (Å²) in [6.07, 6.45) is 4.70. The molecular formula is C15H16N2O2. The van der Waals surface area contributed by atoms with Crippen molar-refractivity contribution < 1.29 is 9.53 Å². The first-order valence-corrected chi connectivity index (χ1v) is 6.09. The molecule has 2 rings (SSSR count). The zero-order valence-corrected chi connectivity index (χ0v) is 10.8. The Balaban J connectivity index is 2.24. The van der Waals surface area contributed by atoms with Gasteiger partial charge in [0.15, 0.2) is 0 Å². The fourth-order valence-electron chi connectivity index (χ4n) is 1.87. The smallest absolute Gasteiger partial charge is 0.356 e. The van der Waals surface area contributed by atoms with E-state index in [4.69, 9.17) is 4.74 Å². The van der Waals surface area contributed by atoms with Crippen molar-refractivity contribution in [2.24, 2.45) is 0 Å². The first-order valence-electron chi connectivity index (χ1n) is 6.09. The molecule has 0 aliphatic rings. The summed E-state index contributed by atoms with van der Waals surface area (Å²) < 4.78 is 6.85. The highest BCUT2D eigenvalue weighted by Gasteiger charge is 2.17. The predicted octanol–water partition coefficient (Wildman–Crippen LogP) is 2.84. The zero-order valence-electron chi connectivity index (χ0n) is 10.8. The number of imidazole rings is 1. The van der Waals surface area contributed by atoms with E-state index in [1.807, 2.05) is 37.3 Å². The molecule has 1 unspecified atom stereocenters. The fourth-order valence-corrected chi connectivity index (χ4v) is 1.87. The second kappa shape index (κ2) is 6.00. The van der Waals surface area contributed by atoms with E-state index in [1.54, 1.807) is 17.0 Å². The second-order valence-corrected chi connectivity index (χ2v) is 4.16. The molecule has 1 heterocycles. The molecule has 0 N–H and O–H groups in total. The first kappa shape index (κ1) is 13.1. The number of hydrogen-bond acceptors (Lipinski definition) is 3.